The lowest BCUT2D eigenvalue weighted by Gasteiger charge is -2.35. The van der Waals surface area contributed by atoms with Gasteiger partial charge in [0, 0.05) is 18.8 Å². The average Bonchev–Trinajstić information content (AvgIpc) is 2.35. The van der Waals surface area contributed by atoms with E-state index in [1.54, 1.807) is 0 Å². The minimum Gasteiger partial charge on any atom is -0.481 e. The van der Waals surface area contributed by atoms with Crippen LogP contribution in [-0.4, -0.2) is 16.9 Å². The van der Waals surface area contributed by atoms with E-state index in [0.29, 0.717) is 18.8 Å². The fourth-order valence-electron chi connectivity index (χ4n) is 2.75. The van der Waals surface area contributed by atoms with Gasteiger partial charge in [0.1, 0.15) is 5.78 Å². The largest absolute Gasteiger partial charge is 0.481 e. The van der Waals surface area contributed by atoms with Crippen molar-refractivity contribution in [3.63, 3.8) is 0 Å². The van der Waals surface area contributed by atoms with Gasteiger partial charge in [0.25, 0.3) is 0 Å². The molecule has 1 fully saturated rings. The van der Waals surface area contributed by atoms with Crippen LogP contribution in [0.2, 0.25) is 0 Å². The predicted molar refractivity (Wildman–Crippen MR) is 72.9 cm³/mol. The van der Waals surface area contributed by atoms with Gasteiger partial charge in [0.2, 0.25) is 0 Å². The van der Waals surface area contributed by atoms with E-state index < -0.39 is 5.97 Å². The van der Waals surface area contributed by atoms with Crippen LogP contribution in [0.1, 0.15) is 37.7 Å². The van der Waals surface area contributed by atoms with Crippen molar-refractivity contribution in [1.82, 2.24) is 0 Å². The number of carboxylic acid groups (broad SMARTS) is 1. The van der Waals surface area contributed by atoms with Gasteiger partial charge in [0.05, 0.1) is 0 Å². The molecule has 1 N–H and O–H groups in total. The summed E-state index contributed by atoms with van der Waals surface area (Å²) in [6.07, 6.45) is 4.05. The molecule has 1 aromatic carbocycles. The zero-order valence-corrected chi connectivity index (χ0v) is 11.0. The Morgan fingerprint density at radius 2 is 1.84 bits per heavy atom. The maximum atomic E-state index is 12.0. The maximum Gasteiger partial charge on any atom is 0.303 e. The molecule has 0 amide bonds. The lowest BCUT2D eigenvalue weighted by molar-refractivity contribution is -0.137. The summed E-state index contributed by atoms with van der Waals surface area (Å²) in [5.74, 6) is 0.0596. The van der Waals surface area contributed by atoms with Crippen molar-refractivity contribution in [3.05, 3.63) is 35.9 Å². The van der Waals surface area contributed by atoms with E-state index in [1.165, 1.54) is 5.56 Å². The Kier molecular flexibility index (Phi) is 4.72. The average molecular weight is 260 g/mol. The molecule has 0 spiro atoms. The highest BCUT2D eigenvalue weighted by molar-refractivity contribution is 5.82. The van der Waals surface area contributed by atoms with E-state index in [9.17, 15) is 9.59 Å². The first-order valence-electron chi connectivity index (χ1n) is 6.95. The second-order valence-electron chi connectivity index (χ2n) is 5.35. The van der Waals surface area contributed by atoms with Gasteiger partial charge in [-0.2, -0.15) is 0 Å². The zero-order chi connectivity index (χ0) is 13.7. The van der Waals surface area contributed by atoms with Crippen LogP contribution in [0.4, 0.5) is 0 Å². The van der Waals surface area contributed by atoms with Crippen LogP contribution in [0.3, 0.4) is 0 Å². The third kappa shape index (κ3) is 3.91. The van der Waals surface area contributed by atoms with Crippen LogP contribution in [0, 0.1) is 11.8 Å². The topological polar surface area (TPSA) is 54.4 Å². The number of hydrogen-bond donors (Lipinski definition) is 1. The lowest BCUT2D eigenvalue weighted by atomic mass is 9.68. The van der Waals surface area contributed by atoms with Crippen molar-refractivity contribution >= 4 is 11.8 Å². The Balaban J connectivity index is 1.78. The summed E-state index contributed by atoms with van der Waals surface area (Å²) in [6, 6.07) is 10.3. The molecule has 3 nitrogen and oxygen atoms in total. The lowest BCUT2D eigenvalue weighted by Crippen LogP contribution is -2.34. The molecule has 2 rings (SSSR count). The van der Waals surface area contributed by atoms with Crippen LogP contribution in [0.25, 0.3) is 0 Å². The van der Waals surface area contributed by atoms with Gasteiger partial charge >= 0.3 is 5.97 Å². The SMILES string of the molecule is O=C(O)CCCC(=O)C1CCC1Cc1ccccc1. The third-order valence-electron chi connectivity index (χ3n) is 3.99. The fourth-order valence-corrected chi connectivity index (χ4v) is 2.75. The van der Waals surface area contributed by atoms with E-state index in [-0.39, 0.29) is 18.1 Å². The normalized spacial score (nSPS) is 21.7. The minimum atomic E-state index is -0.817. The van der Waals surface area contributed by atoms with E-state index in [4.69, 9.17) is 5.11 Å². The molecule has 1 aliphatic rings. The zero-order valence-electron chi connectivity index (χ0n) is 11.0. The summed E-state index contributed by atoms with van der Waals surface area (Å²) in [6.45, 7) is 0. The maximum absolute atomic E-state index is 12.0. The smallest absolute Gasteiger partial charge is 0.303 e. The first-order valence-corrected chi connectivity index (χ1v) is 6.95. The molecule has 19 heavy (non-hydrogen) atoms. The van der Waals surface area contributed by atoms with Crippen molar-refractivity contribution < 1.29 is 14.7 Å². The number of carbonyl (C=O) groups excluding carboxylic acids is 1. The number of Topliss-reactive ketones (excluding diaryl/α,β-unsaturated/α-hetero) is 1. The van der Waals surface area contributed by atoms with Crippen LogP contribution in [-0.2, 0) is 16.0 Å². The number of carbonyl (C=O) groups is 2. The van der Waals surface area contributed by atoms with E-state index >= 15 is 0 Å². The van der Waals surface area contributed by atoms with E-state index in [0.717, 1.165) is 19.3 Å². The Hall–Kier alpha value is -1.64. The van der Waals surface area contributed by atoms with Crippen molar-refractivity contribution in [2.24, 2.45) is 11.8 Å². The highest BCUT2D eigenvalue weighted by Crippen LogP contribution is 2.38. The standard InChI is InChI=1S/C16H20O3/c17-15(7-4-8-16(18)19)14-10-9-13(14)11-12-5-2-1-3-6-12/h1-3,5-6,13-14H,4,7-11H2,(H,18,19). The summed E-state index contributed by atoms with van der Waals surface area (Å²) in [7, 11) is 0. The molecular weight excluding hydrogens is 240 g/mol. The molecule has 1 saturated carbocycles. The van der Waals surface area contributed by atoms with Gasteiger partial charge in [-0.15, -0.1) is 0 Å². The molecule has 2 unspecified atom stereocenters. The molecule has 0 heterocycles. The highest BCUT2D eigenvalue weighted by Gasteiger charge is 2.35. The molecule has 1 aromatic rings. The molecule has 0 saturated heterocycles. The molecule has 0 aliphatic heterocycles. The van der Waals surface area contributed by atoms with Crippen LogP contribution < -0.4 is 0 Å². The van der Waals surface area contributed by atoms with Crippen LogP contribution in [0.5, 0.6) is 0 Å². The quantitative estimate of drug-likeness (QED) is 0.819. The van der Waals surface area contributed by atoms with Gasteiger partial charge in [-0.1, -0.05) is 30.3 Å². The number of benzene rings is 1. The Labute approximate surface area is 113 Å². The van der Waals surface area contributed by atoms with Crippen LogP contribution >= 0.6 is 0 Å². The second kappa shape index (κ2) is 6.50. The van der Waals surface area contributed by atoms with Crippen molar-refractivity contribution in [3.8, 4) is 0 Å². The molecule has 0 radical (unpaired) electrons. The summed E-state index contributed by atoms with van der Waals surface area (Å²) in [5.41, 5.74) is 1.29. The number of aliphatic carboxylic acids is 1. The van der Waals surface area contributed by atoms with E-state index in [2.05, 4.69) is 12.1 Å². The van der Waals surface area contributed by atoms with Crippen molar-refractivity contribution in [2.45, 2.75) is 38.5 Å². The molecular formula is C16H20O3. The molecule has 102 valence electrons. The molecule has 0 bridgehead atoms. The monoisotopic (exact) mass is 260 g/mol. The number of rotatable bonds is 7. The first kappa shape index (κ1) is 13.8. The number of ketones is 1. The second-order valence-corrected chi connectivity index (χ2v) is 5.35. The fraction of sp³-hybridized carbons (Fsp3) is 0.500. The predicted octanol–water partition coefficient (Wildman–Crippen LogP) is 3.08. The highest BCUT2D eigenvalue weighted by atomic mass is 16.4. The van der Waals surface area contributed by atoms with Gasteiger partial charge in [0.15, 0.2) is 0 Å². The summed E-state index contributed by atoms with van der Waals surface area (Å²) < 4.78 is 0. The molecule has 2 atom stereocenters. The Bertz CT molecular complexity index is 439. The molecule has 3 heteroatoms. The summed E-state index contributed by atoms with van der Waals surface area (Å²) >= 11 is 0. The Morgan fingerprint density at radius 1 is 1.11 bits per heavy atom. The van der Waals surface area contributed by atoms with Gasteiger partial charge in [-0.25, -0.2) is 0 Å². The van der Waals surface area contributed by atoms with Crippen molar-refractivity contribution in [1.29, 1.82) is 0 Å². The minimum absolute atomic E-state index is 0.0990. The van der Waals surface area contributed by atoms with Gasteiger partial charge < -0.3 is 5.11 Å². The first-order chi connectivity index (χ1) is 9.16. The molecule has 0 aromatic heterocycles. The van der Waals surface area contributed by atoms with E-state index in [1.807, 2.05) is 18.2 Å². The summed E-state index contributed by atoms with van der Waals surface area (Å²) in [5, 5.41) is 8.57. The van der Waals surface area contributed by atoms with Gasteiger partial charge in [-0.3, -0.25) is 9.59 Å². The van der Waals surface area contributed by atoms with Crippen molar-refractivity contribution in [2.75, 3.05) is 0 Å². The number of hydrogen-bond acceptors (Lipinski definition) is 2. The van der Waals surface area contributed by atoms with Crippen LogP contribution in [0.15, 0.2) is 30.3 Å². The Morgan fingerprint density at radius 3 is 2.42 bits per heavy atom. The van der Waals surface area contributed by atoms with Gasteiger partial charge in [-0.05, 0) is 37.2 Å². The summed E-state index contributed by atoms with van der Waals surface area (Å²) in [4.78, 5) is 22.4. The molecule has 1 aliphatic carbocycles. The number of carboxylic acids is 1. The third-order valence-corrected chi connectivity index (χ3v) is 3.99.